The third-order valence-corrected chi connectivity index (χ3v) is 8.02. The molecular weight excluding hydrogens is 496 g/mol. The maximum Gasteiger partial charge on any atom is 0.410 e. The second-order valence-electron chi connectivity index (χ2n) is 12.3. The second-order valence-corrected chi connectivity index (χ2v) is 12.3. The van der Waals surface area contributed by atoms with Crippen LogP contribution in [0.4, 0.5) is 4.79 Å². The number of carbonyl (C=O) groups excluding carboxylic acids is 3. The first-order valence-corrected chi connectivity index (χ1v) is 14.9. The third kappa shape index (κ3) is 8.61. The number of amides is 2. The molecule has 2 amide bonds. The van der Waals surface area contributed by atoms with Gasteiger partial charge in [0.15, 0.2) is 6.61 Å². The fourth-order valence-corrected chi connectivity index (χ4v) is 6.03. The Kier molecular flexibility index (Phi) is 10.1. The fraction of sp³-hybridized carbons (Fsp3) is 0.710. The molecular formula is C31H46N2O6. The average Bonchev–Trinajstić information content (AvgIpc) is 2.93. The van der Waals surface area contributed by atoms with Crippen molar-refractivity contribution < 1.29 is 28.6 Å². The van der Waals surface area contributed by atoms with Crippen molar-refractivity contribution in [1.29, 1.82) is 0 Å². The van der Waals surface area contributed by atoms with Crippen molar-refractivity contribution in [3.05, 3.63) is 29.8 Å². The molecule has 2 aliphatic carbocycles. The molecule has 1 aliphatic heterocycles. The normalized spacial score (nSPS) is 19.8. The summed E-state index contributed by atoms with van der Waals surface area (Å²) in [5.74, 6) is 0.228. The molecule has 8 nitrogen and oxygen atoms in total. The molecule has 216 valence electrons. The van der Waals surface area contributed by atoms with E-state index in [1.165, 1.54) is 12.8 Å². The molecule has 39 heavy (non-hydrogen) atoms. The van der Waals surface area contributed by atoms with Crippen LogP contribution in [0.1, 0.15) is 108 Å². The van der Waals surface area contributed by atoms with Gasteiger partial charge in [-0.05, 0) is 96.4 Å². The van der Waals surface area contributed by atoms with Crippen LogP contribution in [0.3, 0.4) is 0 Å². The topological polar surface area (TPSA) is 85.4 Å². The lowest BCUT2D eigenvalue weighted by Crippen LogP contribution is -2.53. The molecule has 0 unspecified atom stereocenters. The average molecular weight is 543 g/mol. The van der Waals surface area contributed by atoms with Gasteiger partial charge in [0.25, 0.3) is 5.91 Å². The van der Waals surface area contributed by atoms with E-state index in [0.29, 0.717) is 24.4 Å². The minimum Gasteiger partial charge on any atom is -0.482 e. The minimum absolute atomic E-state index is 0.0108. The third-order valence-electron chi connectivity index (χ3n) is 8.02. The monoisotopic (exact) mass is 542 g/mol. The van der Waals surface area contributed by atoms with Gasteiger partial charge in [-0.25, -0.2) is 9.59 Å². The molecule has 0 aromatic heterocycles. The predicted molar refractivity (Wildman–Crippen MR) is 149 cm³/mol. The highest BCUT2D eigenvalue weighted by Gasteiger charge is 2.36. The Morgan fingerprint density at radius 1 is 0.821 bits per heavy atom. The van der Waals surface area contributed by atoms with Crippen LogP contribution in [0, 0.1) is 0 Å². The van der Waals surface area contributed by atoms with E-state index in [0.717, 1.165) is 64.2 Å². The summed E-state index contributed by atoms with van der Waals surface area (Å²) in [6.45, 7) is 6.66. The number of piperidine rings is 1. The van der Waals surface area contributed by atoms with Crippen molar-refractivity contribution in [2.45, 2.75) is 122 Å². The van der Waals surface area contributed by atoms with Crippen LogP contribution >= 0.6 is 0 Å². The Balaban J connectivity index is 1.35. The zero-order valence-electron chi connectivity index (χ0n) is 24.0. The maximum atomic E-state index is 13.9. The highest BCUT2D eigenvalue weighted by atomic mass is 16.6. The number of hydrogen-bond acceptors (Lipinski definition) is 6. The summed E-state index contributed by atoms with van der Waals surface area (Å²) in [5, 5.41) is 0. The summed E-state index contributed by atoms with van der Waals surface area (Å²) in [7, 11) is 0. The number of carbonyl (C=O) groups is 3. The van der Waals surface area contributed by atoms with E-state index in [1.807, 2.05) is 20.8 Å². The first kappa shape index (κ1) is 29.2. The lowest BCUT2D eigenvalue weighted by molar-refractivity contribution is -0.152. The SMILES string of the molecule is CC(C)(C)OC(=O)N1CCC(N(C(=O)c2ccc(OCC(=O)OC3CCCCC3)cc2)C2CCCCC2)CC1. The molecule has 0 N–H and O–H groups in total. The molecule has 0 radical (unpaired) electrons. The van der Waals surface area contributed by atoms with Crippen molar-refractivity contribution in [3.63, 3.8) is 0 Å². The Bertz CT molecular complexity index is 952. The van der Waals surface area contributed by atoms with Crippen LogP contribution in [0.15, 0.2) is 24.3 Å². The van der Waals surface area contributed by atoms with E-state index < -0.39 is 5.60 Å². The van der Waals surface area contributed by atoms with Crippen molar-refractivity contribution in [1.82, 2.24) is 9.80 Å². The standard InChI is InChI=1S/C31H46N2O6/c1-31(2,3)39-30(36)32-20-18-25(19-21-32)33(24-10-6-4-7-11-24)29(35)23-14-16-26(17-15-23)37-22-28(34)38-27-12-8-5-9-13-27/h14-17,24-25,27H,4-13,18-22H2,1-3H3. The highest BCUT2D eigenvalue weighted by Crippen LogP contribution is 2.30. The Morgan fingerprint density at radius 2 is 1.38 bits per heavy atom. The van der Waals surface area contributed by atoms with Gasteiger partial charge in [0.1, 0.15) is 17.5 Å². The van der Waals surface area contributed by atoms with E-state index >= 15 is 0 Å². The summed E-state index contributed by atoms with van der Waals surface area (Å²) < 4.78 is 16.7. The van der Waals surface area contributed by atoms with Gasteiger partial charge in [-0.15, -0.1) is 0 Å². The van der Waals surface area contributed by atoms with E-state index in [-0.39, 0.29) is 42.8 Å². The van der Waals surface area contributed by atoms with Crippen LogP contribution in [0.25, 0.3) is 0 Å². The molecule has 0 spiro atoms. The first-order chi connectivity index (χ1) is 18.7. The smallest absolute Gasteiger partial charge is 0.410 e. The lowest BCUT2D eigenvalue weighted by Gasteiger charge is -2.43. The van der Waals surface area contributed by atoms with Gasteiger partial charge in [-0.2, -0.15) is 0 Å². The van der Waals surface area contributed by atoms with Gasteiger partial charge in [-0.3, -0.25) is 4.79 Å². The zero-order chi connectivity index (χ0) is 27.8. The van der Waals surface area contributed by atoms with Crippen molar-refractivity contribution in [2.75, 3.05) is 19.7 Å². The lowest BCUT2D eigenvalue weighted by atomic mass is 9.90. The molecule has 1 aromatic carbocycles. The van der Waals surface area contributed by atoms with E-state index in [2.05, 4.69) is 4.90 Å². The van der Waals surface area contributed by atoms with Crippen LogP contribution in [0.2, 0.25) is 0 Å². The molecule has 0 bridgehead atoms. The quantitative estimate of drug-likeness (QED) is 0.386. The van der Waals surface area contributed by atoms with E-state index in [9.17, 15) is 14.4 Å². The molecule has 3 fully saturated rings. The number of esters is 1. The highest BCUT2D eigenvalue weighted by molar-refractivity contribution is 5.94. The number of likely N-dealkylation sites (tertiary alicyclic amines) is 1. The van der Waals surface area contributed by atoms with Crippen molar-refractivity contribution in [3.8, 4) is 5.75 Å². The molecule has 4 rings (SSSR count). The summed E-state index contributed by atoms with van der Waals surface area (Å²) in [6.07, 6.45) is 12.0. The van der Waals surface area contributed by atoms with Gasteiger partial charge in [0, 0.05) is 30.7 Å². The zero-order valence-corrected chi connectivity index (χ0v) is 24.0. The van der Waals surface area contributed by atoms with E-state index in [4.69, 9.17) is 14.2 Å². The largest absolute Gasteiger partial charge is 0.482 e. The van der Waals surface area contributed by atoms with Gasteiger partial charge in [0.05, 0.1) is 0 Å². The van der Waals surface area contributed by atoms with Crippen LogP contribution in [-0.2, 0) is 14.3 Å². The van der Waals surface area contributed by atoms with Crippen LogP contribution in [0.5, 0.6) is 5.75 Å². The number of rotatable bonds is 7. The fourth-order valence-electron chi connectivity index (χ4n) is 6.03. The van der Waals surface area contributed by atoms with Gasteiger partial charge in [-0.1, -0.05) is 25.7 Å². The Labute approximate surface area is 233 Å². The summed E-state index contributed by atoms with van der Waals surface area (Å²) in [6, 6.07) is 7.39. The molecule has 3 aliphatic rings. The van der Waals surface area contributed by atoms with Crippen molar-refractivity contribution in [2.24, 2.45) is 0 Å². The molecule has 1 aromatic rings. The second kappa shape index (κ2) is 13.5. The Hall–Kier alpha value is -2.77. The molecule has 1 saturated heterocycles. The molecule has 1 heterocycles. The van der Waals surface area contributed by atoms with Crippen LogP contribution in [-0.4, -0.2) is 71.3 Å². The number of nitrogens with zero attached hydrogens (tertiary/aromatic N) is 2. The minimum atomic E-state index is -0.524. The van der Waals surface area contributed by atoms with Gasteiger partial charge in [0.2, 0.25) is 0 Å². The van der Waals surface area contributed by atoms with Crippen molar-refractivity contribution >= 4 is 18.0 Å². The van der Waals surface area contributed by atoms with Gasteiger partial charge < -0.3 is 24.0 Å². The molecule has 2 saturated carbocycles. The number of benzene rings is 1. The first-order valence-electron chi connectivity index (χ1n) is 14.9. The molecule has 0 atom stereocenters. The Morgan fingerprint density at radius 3 is 1.97 bits per heavy atom. The molecule has 8 heteroatoms. The summed E-state index contributed by atoms with van der Waals surface area (Å²) >= 11 is 0. The van der Waals surface area contributed by atoms with E-state index in [1.54, 1.807) is 29.2 Å². The van der Waals surface area contributed by atoms with Gasteiger partial charge >= 0.3 is 12.1 Å². The predicted octanol–water partition coefficient (Wildman–Crippen LogP) is 6.12. The number of ether oxygens (including phenoxy) is 3. The summed E-state index contributed by atoms with van der Waals surface area (Å²) in [5.41, 5.74) is 0.0936. The summed E-state index contributed by atoms with van der Waals surface area (Å²) in [4.78, 5) is 42.5. The number of hydrogen-bond donors (Lipinski definition) is 0. The maximum absolute atomic E-state index is 13.9. The van der Waals surface area contributed by atoms with Crippen LogP contribution < -0.4 is 4.74 Å².